The summed E-state index contributed by atoms with van der Waals surface area (Å²) in [6, 6.07) is 10.1. The highest BCUT2D eigenvalue weighted by Gasteiger charge is 2.13. The van der Waals surface area contributed by atoms with Gasteiger partial charge >= 0.3 is 0 Å². The van der Waals surface area contributed by atoms with E-state index in [1.165, 1.54) is 32.1 Å². The molecule has 96 valence electrons. The van der Waals surface area contributed by atoms with Gasteiger partial charge in [0.05, 0.1) is 0 Å². The van der Waals surface area contributed by atoms with E-state index in [1.807, 2.05) is 30.3 Å². The molecule has 0 unspecified atom stereocenters. The van der Waals surface area contributed by atoms with Gasteiger partial charge in [0.2, 0.25) is 5.91 Å². The van der Waals surface area contributed by atoms with Crippen LogP contribution in [0.1, 0.15) is 44.6 Å². The third-order valence-electron chi connectivity index (χ3n) is 3.45. The number of hydrogen-bond acceptors (Lipinski definition) is 1. The predicted molar refractivity (Wildman–Crippen MR) is 74.8 cm³/mol. The minimum atomic E-state index is 0.000845. The summed E-state index contributed by atoms with van der Waals surface area (Å²) in [5.74, 6) is 0.613. The molecule has 1 fully saturated rings. The highest BCUT2D eigenvalue weighted by molar-refractivity contribution is 5.84. The second-order valence-electron chi connectivity index (χ2n) is 5.03. The summed E-state index contributed by atoms with van der Waals surface area (Å²) in [6.45, 7) is 1.57. The van der Waals surface area contributed by atoms with Crippen molar-refractivity contribution in [1.29, 1.82) is 0 Å². The zero-order valence-electron chi connectivity index (χ0n) is 11.0. The van der Waals surface area contributed by atoms with Crippen LogP contribution in [0.25, 0.3) is 5.70 Å². The van der Waals surface area contributed by atoms with Gasteiger partial charge in [0.25, 0.3) is 0 Å². The van der Waals surface area contributed by atoms with Gasteiger partial charge in [-0.05, 0) is 24.3 Å². The molecular formula is C16H21NO. The highest BCUT2D eigenvalue weighted by Crippen LogP contribution is 2.27. The molecule has 0 saturated heterocycles. The summed E-state index contributed by atoms with van der Waals surface area (Å²) in [7, 11) is 0. The minimum Gasteiger partial charge on any atom is -0.326 e. The first-order valence-corrected chi connectivity index (χ1v) is 6.80. The van der Waals surface area contributed by atoms with Crippen molar-refractivity contribution in [2.75, 3.05) is 0 Å². The molecule has 1 aliphatic carbocycles. The van der Waals surface area contributed by atoms with E-state index >= 15 is 0 Å². The Bertz CT molecular complexity index is 416. The van der Waals surface area contributed by atoms with E-state index in [0.717, 1.165) is 11.3 Å². The smallest absolute Gasteiger partial charge is 0.221 e. The van der Waals surface area contributed by atoms with E-state index in [4.69, 9.17) is 0 Å². The molecule has 1 aromatic carbocycles. The van der Waals surface area contributed by atoms with Crippen LogP contribution in [-0.4, -0.2) is 5.91 Å². The quantitative estimate of drug-likeness (QED) is 0.860. The molecular weight excluding hydrogens is 222 g/mol. The first kappa shape index (κ1) is 12.9. The van der Waals surface area contributed by atoms with Crippen LogP contribution in [0.15, 0.2) is 36.4 Å². The lowest BCUT2D eigenvalue weighted by atomic mass is 9.88. The Hall–Kier alpha value is -1.57. The average Bonchev–Trinajstić information content (AvgIpc) is 2.40. The highest BCUT2D eigenvalue weighted by atomic mass is 16.1. The van der Waals surface area contributed by atoms with Crippen LogP contribution >= 0.6 is 0 Å². The van der Waals surface area contributed by atoms with Crippen molar-refractivity contribution in [3.05, 3.63) is 42.0 Å². The van der Waals surface area contributed by atoms with Gasteiger partial charge in [-0.1, -0.05) is 55.7 Å². The zero-order chi connectivity index (χ0) is 12.8. The Labute approximate surface area is 109 Å². The molecule has 0 spiro atoms. The Morgan fingerprint density at radius 1 is 1.17 bits per heavy atom. The SMILES string of the molecule is CC(=O)NC(=CC1CCCCC1)c1ccccc1. The van der Waals surface area contributed by atoms with Crippen LogP contribution in [0.3, 0.4) is 0 Å². The number of nitrogens with one attached hydrogen (secondary N) is 1. The predicted octanol–water partition coefficient (Wildman–Crippen LogP) is 3.74. The largest absolute Gasteiger partial charge is 0.326 e. The summed E-state index contributed by atoms with van der Waals surface area (Å²) in [5, 5.41) is 2.97. The van der Waals surface area contributed by atoms with Gasteiger partial charge < -0.3 is 5.32 Å². The Kier molecular flexibility index (Phi) is 4.57. The van der Waals surface area contributed by atoms with Crippen LogP contribution in [-0.2, 0) is 4.79 Å². The van der Waals surface area contributed by atoms with Gasteiger partial charge in [-0.3, -0.25) is 4.79 Å². The standard InChI is InChI=1S/C16H21NO/c1-13(18)17-16(15-10-6-3-7-11-15)12-14-8-4-2-5-9-14/h3,6-7,10-12,14H,2,4-5,8-9H2,1H3,(H,17,18). The van der Waals surface area contributed by atoms with Crippen LogP contribution < -0.4 is 5.32 Å². The summed E-state index contributed by atoms with van der Waals surface area (Å²) < 4.78 is 0. The summed E-state index contributed by atoms with van der Waals surface area (Å²) in [5.41, 5.74) is 2.06. The van der Waals surface area contributed by atoms with Crippen molar-refractivity contribution >= 4 is 11.6 Å². The number of rotatable bonds is 3. The van der Waals surface area contributed by atoms with Gasteiger partial charge in [-0.25, -0.2) is 0 Å². The molecule has 2 nitrogen and oxygen atoms in total. The summed E-state index contributed by atoms with van der Waals surface area (Å²) in [4.78, 5) is 11.3. The third kappa shape index (κ3) is 3.73. The van der Waals surface area contributed by atoms with Crippen molar-refractivity contribution in [1.82, 2.24) is 5.32 Å². The molecule has 0 bridgehead atoms. The molecule has 2 heteroatoms. The fourth-order valence-electron chi connectivity index (χ4n) is 2.55. The van der Waals surface area contributed by atoms with Crippen molar-refractivity contribution in [3.63, 3.8) is 0 Å². The van der Waals surface area contributed by atoms with Crippen molar-refractivity contribution in [3.8, 4) is 0 Å². The molecule has 0 heterocycles. The zero-order valence-corrected chi connectivity index (χ0v) is 11.0. The number of carbonyl (C=O) groups excluding carboxylic acids is 1. The lowest BCUT2D eigenvalue weighted by Crippen LogP contribution is -2.19. The fourth-order valence-corrected chi connectivity index (χ4v) is 2.55. The van der Waals surface area contributed by atoms with E-state index in [9.17, 15) is 4.79 Å². The molecule has 0 atom stereocenters. The first-order chi connectivity index (χ1) is 8.75. The lowest BCUT2D eigenvalue weighted by molar-refractivity contribution is -0.117. The first-order valence-electron chi connectivity index (χ1n) is 6.80. The van der Waals surface area contributed by atoms with E-state index < -0.39 is 0 Å². The second kappa shape index (κ2) is 6.39. The number of carbonyl (C=O) groups is 1. The Morgan fingerprint density at radius 2 is 1.83 bits per heavy atom. The van der Waals surface area contributed by atoms with Crippen molar-refractivity contribution in [2.45, 2.75) is 39.0 Å². The number of benzene rings is 1. The van der Waals surface area contributed by atoms with Crippen LogP contribution in [0.4, 0.5) is 0 Å². The molecule has 0 aromatic heterocycles. The Balaban J connectivity index is 2.18. The van der Waals surface area contributed by atoms with Gasteiger partial charge in [0.1, 0.15) is 0 Å². The van der Waals surface area contributed by atoms with Crippen LogP contribution in [0.5, 0.6) is 0 Å². The fraction of sp³-hybridized carbons (Fsp3) is 0.438. The maximum Gasteiger partial charge on any atom is 0.221 e. The molecule has 1 N–H and O–H groups in total. The van der Waals surface area contributed by atoms with Gasteiger partial charge in [-0.15, -0.1) is 0 Å². The lowest BCUT2D eigenvalue weighted by Gasteiger charge is -2.20. The van der Waals surface area contributed by atoms with Crippen LogP contribution in [0, 0.1) is 5.92 Å². The number of amides is 1. The minimum absolute atomic E-state index is 0.000845. The van der Waals surface area contributed by atoms with E-state index in [2.05, 4.69) is 11.4 Å². The topological polar surface area (TPSA) is 29.1 Å². The second-order valence-corrected chi connectivity index (χ2v) is 5.03. The molecule has 0 radical (unpaired) electrons. The number of allylic oxidation sites excluding steroid dienone is 1. The van der Waals surface area contributed by atoms with E-state index in [-0.39, 0.29) is 5.91 Å². The van der Waals surface area contributed by atoms with Gasteiger partial charge in [0, 0.05) is 12.6 Å². The Morgan fingerprint density at radius 3 is 2.44 bits per heavy atom. The van der Waals surface area contributed by atoms with Crippen LogP contribution in [0.2, 0.25) is 0 Å². The van der Waals surface area contributed by atoms with E-state index in [0.29, 0.717) is 5.92 Å². The van der Waals surface area contributed by atoms with E-state index in [1.54, 1.807) is 6.92 Å². The normalized spacial score (nSPS) is 17.5. The van der Waals surface area contributed by atoms with Crippen molar-refractivity contribution in [2.24, 2.45) is 5.92 Å². The molecule has 1 amide bonds. The number of hydrogen-bond donors (Lipinski definition) is 1. The average molecular weight is 243 g/mol. The maximum atomic E-state index is 11.3. The molecule has 2 rings (SSSR count). The monoisotopic (exact) mass is 243 g/mol. The molecule has 18 heavy (non-hydrogen) atoms. The summed E-state index contributed by atoms with van der Waals surface area (Å²) in [6.07, 6.45) is 8.71. The van der Waals surface area contributed by atoms with Gasteiger partial charge in [-0.2, -0.15) is 0 Å². The molecule has 0 aliphatic heterocycles. The maximum absolute atomic E-state index is 11.3. The van der Waals surface area contributed by atoms with Crippen molar-refractivity contribution < 1.29 is 4.79 Å². The summed E-state index contributed by atoms with van der Waals surface area (Å²) >= 11 is 0. The third-order valence-corrected chi connectivity index (χ3v) is 3.45. The molecule has 1 aliphatic rings. The molecule has 1 saturated carbocycles. The van der Waals surface area contributed by atoms with Gasteiger partial charge in [0.15, 0.2) is 0 Å². The molecule has 1 aromatic rings.